The molecule has 2 fully saturated rings. The molecule has 2 nitrogen and oxygen atoms in total. The highest BCUT2D eigenvalue weighted by atomic mass is 16.5. The van der Waals surface area contributed by atoms with Gasteiger partial charge < -0.3 is 9.64 Å². The zero-order chi connectivity index (χ0) is 9.31. The van der Waals surface area contributed by atoms with Crippen LogP contribution in [0, 0.1) is 11.3 Å². The maximum absolute atomic E-state index is 5.04. The molecule has 1 spiro atoms. The Morgan fingerprint density at radius 3 is 2.62 bits per heavy atom. The molecule has 2 heteroatoms. The van der Waals surface area contributed by atoms with Gasteiger partial charge in [-0.25, -0.2) is 0 Å². The Labute approximate surface area is 81.3 Å². The van der Waals surface area contributed by atoms with E-state index in [1.54, 1.807) is 7.11 Å². The predicted molar refractivity (Wildman–Crippen MR) is 53.8 cm³/mol. The van der Waals surface area contributed by atoms with E-state index in [1.165, 1.54) is 38.9 Å². The molecule has 0 atom stereocenters. The topological polar surface area (TPSA) is 12.5 Å². The summed E-state index contributed by atoms with van der Waals surface area (Å²) in [4.78, 5) is 2.57. The molecule has 0 aromatic rings. The molecular weight excluding hydrogens is 162 g/mol. The first-order valence-electron chi connectivity index (χ1n) is 5.45. The fraction of sp³-hybridized carbons (Fsp3) is 1.00. The molecule has 1 saturated heterocycles. The van der Waals surface area contributed by atoms with Crippen molar-refractivity contribution in [2.24, 2.45) is 11.3 Å². The summed E-state index contributed by atoms with van der Waals surface area (Å²) in [6, 6.07) is 0. The van der Waals surface area contributed by atoms with E-state index in [1.807, 2.05) is 0 Å². The lowest BCUT2D eigenvalue weighted by atomic mass is 9.58. The third-order valence-electron chi connectivity index (χ3n) is 3.50. The summed E-state index contributed by atoms with van der Waals surface area (Å²) in [7, 11) is 1.78. The summed E-state index contributed by atoms with van der Waals surface area (Å²) >= 11 is 0. The van der Waals surface area contributed by atoms with Crippen LogP contribution in [0.25, 0.3) is 0 Å². The van der Waals surface area contributed by atoms with E-state index in [9.17, 15) is 0 Å². The van der Waals surface area contributed by atoms with Crippen molar-refractivity contribution in [1.29, 1.82) is 0 Å². The first-order chi connectivity index (χ1) is 6.24. The minimum Gasteiger partial charge on any atom is -0.385 e. The van der Waals surface area contributed by atoms with Crippen LogP contribution < -0.4 is 0 Å². The van der Waals surface area contributed by atoms with Crippen LogP contribution in [0.5, 0.6) is 0 Å². The van der Waals surface area contributed by atoms with Crippen LogP contribution in [0.4, 0.5) is 0 Å². The van der Waals surface area contributed by atoms with Gasteiger partial charge >= 0.3 is 0 Å². The molecule has 1 saturated carbocycles. The summed E-state index contributed by atoms with van der Waals surface area (Å²) in [5, 5.41) is 0. The van der Waals surface area contributed by atoms with Gasteiger partial charge in [0, 0.05) is 33.4 Å². The minimum atomic E-state index is 0.770. The van der Waals surface area contributed by atoms with Crippen molar-refractivity contribution in [2.45, 2.75) is 26.2 Å². The van der Waals surface area contributed by atoms with Crippen molar-refractivity contribution in [3.8, 4) is 0 Å². The van der Waals surface area contributed by atoms with Gasteiger partial charge in [0.1, 0.15) is 0 Å². The highest BCUT2D eigenvalue weighted by molar-refractivity contribution is 5.02. The average molecular weight is 183 g/mol. The molecule has 0 aromatic heterocycles. The van der Waals surface area contributed by atoms with Gasteiger partial charge in [0.25, 0.3) is 0 Å². The van der Waals surface area contributed by atoms with Gasteiger partial charge in [-0.15, -0.1) is 0 Å². The minimum absolute atomic E-state index is 0.770. The van der Waals surface area contributed by atoms with Crippen LogP contribution in [0.2, 0.25) is 0 Å². The van der Waals surface area contributed by atoms with E-state index in [0.717, 1.165) is 17.9 Å². The van der Waals surface area contributed by atoms with E-state index in [2.05, 4.69) is 11.8 Å². The Morgan fingerprint density at radius 1 is 1.38 bits per heavy atom. The van der Waals surface area contributed by atoms with Gasteiger partial charge in [-0.2, -0.15) is 0 Å². The van der Waals surface area contributed by atoms with Crippen LogP contribution in [0.1, 0.15) is 26.2 Å². The van der Waals surface area contributed by atoms with Crippen molar-refractivity contribution >= 4 is 0 Å². The number of ether oxygens (including phenoxy) is 1. The molecule has 76 valence electrons. The third kappa shape index (κ3) is 1.89. The standard InChI is InChI=1S/C11H21NO/c1-10-6-11(7-10)8-12(9-11)4-3-5-13-2/h10H,3-9H2,1-2H3. The van der Waals surface area contributed by atoms with Crippen molar-refractivity contribution in [3.05, 3.63) is 0 Å². The molecule has 2 aliphatic rings. The highest BCUT2D eigenvalue weighted by Crippen LogP contribution is 2.51. The van der Waals surface area contributed by atoms with Gasteiger partial charge in [0.05, 0.1) is 0 Å². The Morgan fingerprint density at radius 2 is 2.08 bits per heavy atom. The first-order valence-corrected chi connectivity index (χ1v) is 5.45. The van der Waals surface area contributed by atoms with Crippen LogP contribution in [-0.4, -0.2) is 38.3 Å². The molecule has 0 radical (unpaired) electrons. The maximum atomic E-state index is 5.04. The molecule has 13 heavy (non-hydrogen) atoms. The van der Waals surface area contributed by atoms with E-state index >= 15 is 0 Å². The molecule has 0 N–H and O–H groups in total. The lowest BCUT2D eigenvalue weighted by Crippen LogP contribution is -2.61. The van der Waals surface area contributed by atoms with Gasteiger partial charge in [-0.05, 0) is 30.6 Å². The SMILES string of the molecule is COCCCN1CC2(CC(C)C2)C1. The largest absolute Gasteiger partial charge is 0.385 e. The van der Waals surface area contributed by atoms with Crippen molar-refractivity contribution < 1.29 is 4.74 Å². The molecule has 1 aliphatic carbocycles. The molecule has 2 rings (SSSR count). The van der Waals surface area contributed by atoms with Crippen molar-refractivity contribution in [2.75, 3.05) is 33.4 Å². The van der Waals surface area contributed by atoms with Crippen LogP contribution in [0.15, 0.2) is 0 Å². The van der Waals surface area contributed by atoms with E-state index in [4.69, 9.17) is 4.74 Å². The lowest BCUT2D eigenvalue weighted by molar-refractivity contribution is -0.0904. The Bertz CT molecular complexity index is 167. The Balaban J connectivity index is 1.57. The summed E-state index contributed by atoms with van der Waals surface area (Å²) < 4.78 is 5.04. The van der Waals surface area contributed by atoms with Gasteiger partial charge in [0.2, 0.25) is 0 Å². The smallest absolute Gasteiger partial charge is 0.0474 e. The average Bonchev–Trinajstić information content (AvgIpc) is 1.97. The number of nitrogens with zero attached hydrogens (tertiary/aromatic N) is 1. The van der Waals surface area contributed by atoms with E-state index < -0.39 is 0 Å². The zero-order valence-corrected chi connectivity index (χ0v) is 8.88. The number of hydrogen-bond donors (Lipinski definition) is 0. The van der Waals surface area contributed by atoms with Crippen LogP contribution >= 0.6 is 0 Å². The predicted octanol–water partition coefficient (Wildman–Crippen LogP) is 1.75. The van der Waals surface area contributed by atoms with E-state index in [0.29, 0.717) is 0 Å². The van der Waals surface area contributed by atoms with Crippen LogP contribution in [-0.2, 0) is 4.74 Å². The van der Waals surface area contributed by atoms with Crippen LogP contribution in [0.3, 0.4) is 0 Å². The zero-order valence-electron chi connectivity index (χ0n) is 8.88. The van der Waals surface area contributed by atoms with Gasteiger partial charge in [-0.1, -0.05) is 6.92 Å². The quantitative estimate of drug-likeness (QED) is 0.616. The first kappa shape index (κ1) is 9.47. The normalized spacial score (nSPS) is 27.2. The summed E-state index contributed by atoms with van der Waals surface area (Å²) in [6.45, 7) is 7.25. The molecule has 0 unspecified atom stereocenters. The molecule has 0 aromatic carbocycles. The number of hydrogen-bond acceptors (Lipinski definition) is 2. The summed E-state index contributed by atoms with van der Waals surface area (Å²) in [5.41, 5.74) is 0.770. The van der Waals surface area contributed by atoms with Crippen molar-refractivity contribution in [1.82, 2.24) is 4.90 Å². The number of likely N-dealkylation sites (tertiary alicyclic amines) is 1. The summed E-state index contributed by atoms with van der Waals surface area (Å²) in [6.07, 6.45) is 4.16. The third-order valence-corrected chi connectivity index (χ3v) is 3.50. The van der Waals surface area contributed by atoms with Crippen molar-refractivity contribution in [3.63, 3.8) is 0 Å². The Kier molecular flexibility index (Phi) is 2.61. The molecular formula is C11H21NO. The molecule has 1 aliphatic heterocycles. The highest BCUT2D eigenvalue weighted by Gasteiger charge is 2.49. The fourth-order valence-electron chi connectivity index (χ4n) is 3.17. The second kappa shape index (κ2) is 3.58. The molecule has 0 amide bonds. The monoisotopic (exact) mass is 183 g/mol. The second-order valence-electron chi connectivity index (χ2n) is 5.07. The molecule has 1 heterocycles. The number of methoxy groups -OCH3 is 1. The van der Waals surface area contributed by atoms with E-state index in [-0.39, 0.29) is 0 Å². The number of rotatable bonds is 4. The molecule has 0 bridgehead atoms. The Hall–Kier alpha value is -0.0800. The van der Waals surface area contributed by atoms with Gasteiger partial charge in [-0.3, -0.25) is 0 Å². The second-order valence-corrected chi connectivity index (χ2v) is 5.07. The fourth-order valence-corrected chi connectivity index (χ4v) is 3.17. The van der Waals surface area contributed by atoms with Gasteiger partial charge in [0.15, 0.2) is 0 Å². The lowest BCUT2D eigenvalue weighted by Gasteiger charge is -2.59. The maximum Gasteiger partial charge on any atom is 0.0474 e. The summed E-state index contributed by atoms with van der Waals surface area (Å²) in [5.74, 6) is 1.00.